The molecule has 0 radical (unpaired) electrons. The van der Waals surface area contributed by atoms with Gasteiger partial charge in [0.2, 0.25) is 10.0 Å². The number of amides is 1. The minimum absolute atomic E-state index is 0.0900. The van der Waals surface area contributed by atoms with E-state index in [9.17, 15) is 36.5 Å². The Hall–Kier alpha value is -2.90. The second-order valence-electron chi connectivity index (χ2n) is 6.19. The molecule has 0 aliphatic rings. The highest BCUT2D eigenvalue weighted by Gasteiger charge is 2.34. The maximum Gasteiger partial charge on any atom is 0.417 e. The number of nitrogens with zero attached hydrogens (tertiary/aromatic N) is 3. The third kappa shape index (κ3) is 6.55. The van der Waals surface area contributed by atoms with Gasteiger partial charge in [-0.05, 0) is 24.3 Å². The molecule has 2 rings (SSSR count). The van der Waals surface area contributed by atoms with Gasteiger partial charge in [0, 0.05) is 22.7 Å². The Bertz CT molecular complexity index is 1190. The van der Waals surface area contributed by atoms with Crippen LogP contribution in [0.25, 0.3) is 0 Å². The Morgan fingerprint density at radius 2 is 1.84 bits per heavy atom. The highest BCUT2D eigenvalue weighted by Crippen LogP contribution is 2.37. The minimum Gasteiger partial charge on any atom is -0.271 e. The summed E-state index contributed by atoms with van der Waals surface area (Å²) in [5.41, 5.74) is 0.0772. The predicted molar refractivity (Wildman–Crippen MR) is 112 cm³/mol. The Kier molecular flexibility index (Phi) is 7.70. The SMILES string of the molecule is CS(=O)(=O)N(CC(=O)N/N=C/c1cc([N+](=O)[O-])ccc1Cl)c1ccc(Cl)c(C(F)(F)F)c1. The number of alkyl halides is 3. The van der Waals surface area contributed by atoms with Crippen LogP contribution in [0.5, 0.6) is 0 Å². The summed E-state index contributed by atoms with van der Waals surface area (Å²) in [5, 5.41) is 13.8. The molecule has 9 nitrogen and oxygen atoms in total. The van der Waals surface area contributed by atoms with Crippen molar-refractivity contribution in [1.29, 1.82) is 0 Å². The molecule has 0 fully saturated rings. The molecule has 0 aromatic heterocycles. The third-order valence-corrected chi connectivity index (χ3v) is 5.63. The second-order valence-corrected chi connectivity index (χ2v) is 8.91. The molecule has 0 spiro atoms. The monoisotopic (exact) mass is 512 g/mol. The van der Waals surface area contributed by atoms with E-state index in [1.165, 1.54) is 6.07 Å². The molecule has 0 saturated heterocycles. The summed E-state index contributed by atoms with van der Waals surface area (Å²) in [4.78, 5) is 22.3. The van der Waals surface area contributed by atoms with Crippen molar-refractivity contribution in [3.05, 3.63) is 67.7 Å². The Labute approximate surface area is 189 Å². The lowest BCUT2D eigenvalue weighted by molar-refractivity contribution is -0.384. The molecule has 15 heteroatoms. The number of benzene rings is 2. The lowest BCUT2D eigenvalue weighted by atomic mass is 10.2. The zero-order valence-corrected chi connectivity index (χ0v) is 18.3. The largest absolute Gasteiger partial charge is 0.417 e. The molecule has 0 saturated carbocycles. The average Bonchev–Trinajstić information content (AvgIpc) is 2.66. The zero-order valence-electron chi connectivity index (χ0n) is 15.9. The van der Waals surface area contributed by atoms with Gasteiger partial charge in [-0.1, -0.05) is 23.2 Å². The Balaban J connectivity index is 2.23. The lowest BCUT2D eigenvalue weighted by Crippen LogP contribution is -2.39. The van der Waals surface area contributed by atoms with Gasteiger partial charge >= 0.3 is 6.18 Å². The number of carbonyl (C=O) groups is 1. The summed E-state index contributed by atoms with van der Waals surface area (Å²) in [6, 6.07) is 5.86. The Morgan fingerprint density at radius 3 is 2.41 bits per heavy atom. The van der Waals surface area contributed by atoms with E-state index in [1.54, 1.807) is 0 Å². The fourth-order valence-corrected chi connectivity index (χ4v) is 3.61. The first-order valence-corrected chi connectivity index (χ1v) is 10.9. The average molecular weight is 513 g/mol. The van der Waals surface area contributed by atoms with Crippen molar-refractivity contribution in [2.45, 2.75) is 6.18 Å². The van der Waals surface area contributed by atoms with Crippen LogP contribution in [0, 0.1) is 10.1 Å². The normalized spacial score (nSPS) is 12.1. The van der Waals surface area contributed by atoms with Gasteiger partial charge in [-0.3, -0.25) is 19.2 Å². The number of hydrogen-bond acceptors (Lipinski definition) is 6. The quantitative estimate of drug-likeness (QED) is 0.343. The minimum atomic E-state index is -4.85. The van der Waals surface area contributed by atoms with E-state index in [-0.39, 0.29) is 16.3 Å². The van der Waals surface area contributed by atoms with E-state index in [1.807, 2.05) is 5.43 Å². The molecule has 0 bridgehead atoms. The Morgan fingerprint density at radius 1 is 1.22 bits per heavy atom. The smallest absolute Gasteiger partial charge is 0.271 e. The molecule has 0 atom stereocenters. The summed E-state index contributed by atoms with van der Waals surface area (Å²) < 4.78 is 63.8. The molecule has 2 aromatic rings. The second kappa shape index (κ2) is 9.71. The number of nitro benzene ring substituents is 1. The van der Waals surface area contributed by atoms with Gasteiger partial charge in [-0.25, -0.2) is 13.8 Å². The van der Waals surface area contributed by atoms with Crippen molar-refractivity contribution in [1.82, 2.24) is 5.43 Å². The molecule has 0 aliphatic heterocycles. The fraction of sp³-hybridized carbons (Fsp3) is 0.176. The van der Waals surface area contributed by atoms with Crippen molar-refractivity contribution in [3.8, 4) is 0 Å². The van der Waals surface area contributed by atoms with Crippen LogP contribution in [0.3, 0.4) is 0 Å². The molecule has 172 valence electrons. The molecule has 0 heterocycles. The first kappa shape index (κ1) is 25.4. The van der Waals surface area contributed by atoms with Crippen LogP contribution in [0.15, 0.2) is 41.5 Å². The van der Waals surface area contributed by atoms with Crippen LogP contribution in [0.2, 0.25) is 10.0 Å². The van der Waals surface area contributed by atoms with Crippen LogP contribution >= 0.6 is 23.2 Å². The van der Waals surface area contributed by atoms with Crippen molar-refractivity contribution in [3.63, 3.8) is 0 Å². The number of sulfonamides is 1. The summed E-state index contributed by atoms with van der Waals surface area (Å²) in [6.07, 6.45) is -3.16. The lowest BCUT2D eigenvalue weighted by Gasteiger charge is -2.22. The number of carbonyl (C=O) groups excluding carboxylic acids is 1. The van der Waals surface area contributed by atoms with E-state index >= 15 is 0 Å². The number of halogens is 5. The van der Waals surface area contributed by atoms with Crippen LogP contribution in [0.4, 0.5) is 24.5 Å². The van der Waals surface area contributed by atoms with Gasteiger partial charge in [-0.15, -0.1) is 0 Å². The number of hydrazone groups is 1. The van der Waals surface area contributed by atoms with Crippen LogP contribution in [-0.2, 0) is 21.0 Å². The van der Waals surface area contributed by atoms with E-state index in [0.717, 1.165) is 30.5 Å². The molecule has 1 N–H and O–H groups in total. The number of hydrogen-bond donors (Lipinski definition) is 1. The maximum atomic E-state index is 13.1. The number of anilines is 1. The predicted octanol–water partition coefficient (Wildman–Crippen LogP) is 3.84. The van der Waals surface area contributed by atoms with Gasteiger partial charge in [-0.2, -0.15) is 18.3 Å². The first-order chi connectivity index (χ1) is 14.7. The van der Waals surface area contributed by atoms with Gasteiger partial charge in [0.15, 0.2) is 0 Å². The first-order valence-electron chi connectivity index (χ1n) is 8.30. The van der Waals surface area contributed by atoms with Gasteiger partial charge in [0.1, 0.15) is 6.54 Å². The molecule has 0 aliphatic carbocycles. The van der Waals surface area contributed by atoms with Crippen LogP contribution in [-0.4, -0.2) is 38.3 Å². The van der Waals surface area contributed by atoms with Crippen molar-refractivity contribution in [2.24, 2.45) is 5.10 Å². The van der Waals surface area contributed by atoms with Crippen molar-refractivity contribution in [2.75, 3.05) is 17.1 Å². The fourth-order valence-electron chi connectivity index (χ4n) is 2.37. The molecule has 0 unspecified atom stereocenters. The number of non-ortho nitro benzene ring substituents is 1. The highest BCUT2D eigenvalue weighted by atomic mass is 35.5. The number of nitro groups is 1. The van der Waals surface area contributed by atoms with E-state index in [2.05, 4.69) is 5.10 Å². The van der Waals surface area contributed by atoms with Gasteiger partial charge in [0.05, 0.1) is 33.7 Å². The zero-order chi connectivity index (χ0) is 24.3. The molecular formula is C17H13Cl2F3N4O5S. The van der Waals surface area contributed by atoms with Gasteiger partial charge < -0.3 is 0 Å². The topological polar surface area (TPSA) is 122 Å². The van der Waals surface area contributed by atoms with Crippen molar-refractivity contribution < 1.29 is 31.3 Å². The van der Waals surface area contributed by atoms with Crippen LogP contribution < -0.4 is 9.73 Å². The summed E-state index contributed by atoms with van der Waals surface area (Å²) >= 11 is 11.4. The summed E-state index contributed by atoms with van der Waals surface area (Å²) in [5.74, 6) is -1.00. The molecule has 2 aromatic carbocycles. The standard InChI is InChI=1S/C17H13Cl2F3N4O5S/c1-32(30,31)25(11-2-5-15(19)13(7-11)17(20,21)22)9-16(27)24-23-8-10-6-12(26(28)29)3-4-14(10)18/h2-8H,9H2,1H3,(H,24,27)/b23-8+. The molecule has 1 amide bonds. The summed E-state index contributed by atoms with van der Waals surface area (Å²) in [6.45, 7) is -0.905. The van der Waals surface area contributed by atoms with Crippen LogP contribution in [0.1, 0.15) is 11.1 Å². The van der Waals surface area contributed by atoms with Crippen molar-refractivity contribution >= 4 is 56.7 Å². The summed E-state index contributed by atoms with van der Waals surface area (Å²) in [7, 11) is -4.17. The van der Waals surface area contributed by atoms with Gasteiger partial charge in [0.25, 0.3) is 11.6 Å². The van der Waals surface area contributed by atoms with E-state index in [4.69, 9.17) is 23.2 Å². The molecule has 32 heavy (non-hydrogen) atoms. The molecular weight excluding hydrogens is 500 g/mol. The third-order valence-electron chi connectivity index (χ3n) is 3.81. The number of nitrogens with one attached hydrogen (secondary N) is 1. The number of rotatable bonds is 7. The maximum absolute atomic E-state index is 13.1. The van der Waals surface area contributed by atoms with E-state index in [0.29, 0.717) is 16.6 Å². The highest BCUT2D eigenvalue weighted by molar-refractivity contribution is 7.92. The van der Waals surface area contributed by atoms with E-state index < -0.39 is 49.8 Å².